The summed E-state index contributed by atoms with van der Waals surface area (Å²) in [5.41, 5.74) is 2.43. The third-order valence-electron chi connectivity index (χ3n) is 8.63. The Morgan fingerprint density at radius 3 is 2.62 bits per heavy atom. The second kappa shape index (κ2) is 8.30. The topological polar surface area (TPSA) is 26.3 Å². The van der Waals surface area contributed by atoms with Crippen molar-refractivity contribution in [2.24, 2.45) is 28.6 Å². The predicted molar refractivity (Wildman–Crippen MR) is 121 cm³/mol. The number of ketones is 1. The highest BCUT2D eigenvalue weighted by Crippen LogP contribution is 2.57. The van der Waals surface area contributed by atoms with Crippen LogP contribution in [0.1, 0.15) is 91.2 Å². The first-order valence-electron chi connectivity index (χ1n) is 11.5. The van der Waals surface area contributed by atoms with Gasteiger partial charge < -0.3 is 4.43 Å². The fourth-order valence-electron chi connectivity index (χ4n) is 6.17. The molecule has 0 saturated heterocycles. The number of rotatable bonds is 6. The first kappa shape index (κ1) is 22.7. The molecule has 1 aromatic rings. The average Bonchev–Trinajstić information content (AvgIpc) is 3.03. The van der Waals surface area contributed by atoms with E-state index in [4.69, 9.17) is 4.43 Å². The van der Waals surface area contributed by atoms with Gasteiger partial charge in [-0.05, 0) is 79.2 Å². The monoisotopic (exact) mass is 411 g/mol. The largest absolute Gasteiger partial charge is 0.409 e. The highest BCUT2D eigenvalue weighted by atomic mass is 28.2. The SMILES string of the molecule is C[C@@H](CCc1cccc(C(C)(O[Si])C(C)(C)C)c1)[C@H]1CC[C@H]2C(=O)CCC[C@]12C. The number of Topliss-reactive ketones (excluding diaryl/α,β-unsaturated/α-hetero) is 1. The predicted octanol–water partition coefficient (Wildman–Crippen LogP) is 6.40. The zero-order chi connectivity index (χ0) is 21.4. The number of hydrogen-bond acceptors (Lipinski definition) is 2. The van der Waals surface area contributed by atoms with Crippen LogP contribution >= 0.6 is 0 Å². The first-order chi connectivity index (χ1) is 13.5. The van der Waals surface area contributed by atoms with Gasteiger partial charge in [0.15, 0.2) is 0 Å². The van der Waals surface area contributed by atoms with Crippen LogP contribution in [0, 0.1) is 28.6 Å². The van der Waals surface area contributed by atoms with Crippen LogP contribution in [-0.4, -0.2) is 16.3 Å². The Kier molecular flexibility index (Phi) is 6.51. The maximum absolute atomic E-state index is 12.5. The summed E-state index contributed by atoms with van der Waals surface area (Å²) in [4.78, 5) is 12.5. The zero-order valence-electron chi connectivity index (χ0n) is 19.3. The summed E-state index contributed by atoms with van der Waals surface area (Å²) in [6, 6.07) is 8.91. The fraction of sp³-hybridized carbons (Fsp3) is 0.731. The van der Waals surface area contributed by atoms with E-state index in [2.05, 4.69) is 76.3 Å². The van der Waals surface area contributed by atoms with Gasteiger partial charge in [-0.15, -0.1) is 0 Å². The molecular formula is C26H39O2Si. The summed E-state index contributed by atoms with van der Waals surface area (Å²) in [5, 5.41) is 0. The van der Waals surface area contributed by atoms with Gasteiger partial charge in [-0.3, -0.25) is 4.79 Å². The van der Waals surface area contributed by atoms with Crippen molar-refractivity contribution < 1.29 is 9.22 Å². The van der Waals surface area contributed by atoms with Gasteiger partial charge in [-0.1, -0.05) is 58.9 Å². The van der Waals surface area contributed by atoms with E-state index in [-0.39, 0.29) is 16.4 Å². The van der Waals surface area contributed by atoms with Crippen LogP contribution in [0.25, 0.3) is 0 Å². The van der Waals surface area contributed by atoms with Gasteiger partial charge in [-0.2, -0.15) is 0 Å². The molecule has 2 aliphatic carbocycles. The van der Waals surface area contributed by atoms with Crippen molar-refractivity contribution in [3.8, 4) is 0 Å². The van der Waals surface area contributed by atoms with Gasteiger partial charge in [0.05, 0.1) is 5.60 Å². The van der Waals surface area contributed by atoms with Crippen molar-refractivity contribution in [2.75, 3.05) is 0 Å². The number of carbonyl (C=O) groups is 1. The maximum atomic E-state index is 12.5. The molecule has 29 heavy (non-hydrogen) atoms. The van der Waals surface area contributed by atoms with E-state index in [1.165, 1.54) is 30.4 Å². The highest BCUT2D eigenvalue weighted by Gasteiger charge is 2.52. The molecule has 0 bridgehead atoms. The van der Waals surface area contributed by atoms with Gasteiger partial charge >= 0.3 is 0 Å². The van der Waals surface area contributed by atoms with Crippen LogP contribution in [0.5, 0.6) is 0 Å². The summed E-state index contributed by atoms with van der Waals surface area (Å²) in [6.45, 7) is 13.6. The number of benzene rings is 1. The maximum Gasteiger partial charge on any atom is 0.247 e. The van der Waals surface area contributed by atoms with Crippen LogP contribution in [0.3, 0.4) is 0 Å². The van der Waals surface area contributed by atoms with Crippen LogP contribution in [0.4, 0.5) is 0 Å². The van der Waals surface area contributed by atoms with Gasteiger partial charge in [-0.25, -0.2) is 0 Å². The number of hydrogen-bond donors (Lipinski definition) is 0. The van der Waals surface area contributed by atoms with E-state index in [1.54, 1.807) is 0 Å². The molecule has 3 rings (SSSR count). The third kappa shape index (κ3) is 4.14. The molecule has 3 radical (unpaired) electrons. The molecule has 3 heteroatoms. The Bertz CT molecular complexity index is 736. The summed E-state index contributed by atoms with van der Waals surface area (Å²) < 4.78 is 5.81. The van der Waals surface area contributed by atoms with Crippen LogP contribution in [0.15, 0.2) is 24.3 Å². The van der Waals surface area contributed by atoms with Crippen molar-refractivity contribution in [1.82, 2.24) is 0 Å². The van der Waals surface area contributed by atoms with E-state index in [9.17, 15) is 4.79 Å². The smallest absolute Gasteiger partial charge is 0.247 e. The lowest BCUT2D eigenvalue weighted by atomic mass is 9.62. The van der Waals surface area contributed by atoms with Crippen LogP contribution in [0.2, 0.25) is 0 Å². The minimum absolute atomic E-state index is 0.0262. The van der Waals surface area contributed by atoms with Crippen LogP contribution in [-0.2, 0) is 21.2 Å². The lowest BCUT2D eigenvalue weighted by Gasteiger charge is -2.42. The van der Waals surface area contributed by atoms with Crippen molar-refractivity contribution >= 4 is 16.3 Å². The lowest BCUT2D eigenvalue weighted by Crippen LogP contribution is -2.39. The Morgan fingerprint density at radius 2 is 1.97 bits per heavy atom. The van der Waals surface area contributed by atoms with Crippen molar-refractivity contribution in [1.29, 1.82) is 0 Å². The second-order valence-electron chi connectivity index (χ2n) is 11.2. The molecule has 0 aromatic heterocycles. The molecule has 0 spiro atoms. The molecule has 159 valence electrons. The minimum atomic E-state index is -0.389. The Balaban J connectivity index is 1.70. The minimum Gasteiger partial charge on any atom is -0.409 e. The number of fused-ring (bicyclic) bond motifs is 1. The summed E-state index contributed by atoms with van der Waals surface area (Å²) in [5.74, 6) is 2.21. The molecule has 1 unspecified atom stereocenters. The molecular weight excluding hydrogens is 372 g/mol. The lowest BCUT2D eigenvalue weighted by molar-refractivity contribution is -0.130. The van der Waals surface area contributed by atoms with Gasteiger partial charge in [0.1, 0.15) is 5.78 Å². The third-order valence-corrected chi connectivity index (χ3v) is 9.03. The molecule has 0 amide bonds. The van der Waals surface area contributed by atoms with E-state index < -0.39 is 0 Å². The summed E-state index contributed by atoms with van der Waals surface area (Å²) in [7, 11) is 3.35. The first-order valence-corrected chi connectivity index (χ1v) is 11.9. The molecule has 2 fully saturated rings. The molecule has 0 N–H and O–H groups in total. The Morgan fingerprint density at radius 1 is 1.24 bits per heavy atom. The van der Waals surface area contributed by atoms with Crippen LogP contribution < -0.4 is 0 Å². The Hall–Kier alpha value is -0.933. The fourth-order valence-corrected chi connectivity index (χ4v) is 6.59. The molecule has 0 heterocycles. The molecule has 2 saturated carbocycles. The average molecular weight is 412 g/mol. The standard InChI is InChI=1S/C26H39O2Si/c1-18(21-14-15-22-23(27)11-8-16-25(21,22)5)12-13-19-9-7-10-20(17-19)26(6,28-29)24(2,3)4/h7,9-10,17-18,21-22H,8,11-16H2,1-6H3/t18-,21+,22-,25+,26?/m0/s1. The number of aryl methyl sites for hydroxylation is 1. The van der Waals surface area contributed by atoms with E-state index >= 15 is 0 Å². The quantitative estimate of drug-likeness (QED) is 0.506. The van der Waals surface area contributed by atoms with E-state index in [1.807, 2.05) is 0 Å². The second-order valence-corrected chi connectivity index (χ2v) is 11.4. The molecule has 2 aliphatic rings. The molecule has 0 aliphatic heterocycles. The van der Waals surface area contributed by atoms with Crippen molar-refractivity contribution in [3.63, 3.8) is 0 Å². The van der Waals surface area contributed by atoms with Gasteiger partial charge in [0, 0.05) is 12.3 Å². The van der Waals surface area contributed by atoms with Gasteiger partial charge in [0.25, 0.3) is 0 Å². The highest BCUT2D eigenvalue weighted by molar-refractivity contribution is 5.98. The van der Waals surface area contributed by atoms with Crippen molar-refractivity contribution in [2.45, 2.75) is 92.1 Å². The van der Waals surface area contributed by atoms with Crippen molar-refractivity contribution in [3.05, 3.63) is 35.4 Å². The molecule has 5 atom stereocenters. The molecule has 2 nitrogen and oxygen atoms in total. The summed E-state index contributed by atoms with van der Waals surface area (Å²) >= 11 is 0. The Labute approximate surface area is 181 Å². The summed E-state index contributed by atoms with van der Waals surface area (Å²) in [6.07, 6.45) is 7.76. The van der Waals surface area contributed by atoms with E-state index in [0.29, 0.717) is 23.5 Å². The van der Waals surface area contributed by atoms with Gasteiger partial charge in [0.2, 0.25) is 10.5 Å². The normalized spacial score (nSPS) is 30.7. The van der Waals surface area contributed by atoms with E-state index in [0.717, 1.165) is 25.7 Å². The zero-order valence-corrected chi connectivity index (χ0v) is 20.3. The number of carbonyl (C=O) groups excluding carboxylic acids is 1. The molecule has 1 aromatic carbocycles.